The first-order valence-electron chi connectivity index (χ1n) is 8.96. The number of nitrogens with zero attached hydrogens (tertiary/aromatic N) is 2. The number of carbonyl (C=O) groups is 2. The summed E-state index contributed by atoms with van der Waals surface area (Å²) in [7, 11) is 0. The number of aliphatic carboxylic acids is 1. The third-order valence-electron chi connectivity index (χ3n) is 5.27. The van der Waals surface area contributed by atoms with Gasteiger partial charge in [-0.25, -0.2) is 0 Å². The number of piperidine rings is 1. The van der Waals surface area contributed by atoms with Gasteiger partial charge < -0.3 is 10.0 Å². The number of rotatable bonds is 3. The van der Waals surface area contributed by atoms with Crippen molar-refractivity contribution in [2.45, 2.75) is 38.5 Å². The summed E-state index contributed by atoms with van der Waals surface area (Å²) in [6.45, 7) is 2.92. The minimum atomic E-state index is -0.813. The first-order valence-corrected chi connectivity index (χ1v) is 8.96. The molecule has 0 unspecified atom stereocenters. The number of hydrogen-bond acceptors (Lipinski definition) is 3. The van der Waals surface area contributed by atoms with E-state index in [0.29, 0.717) is 31.0 Å². The van der Waals surface area contributed by atoms with Gasteiger partial charge >= 0.3 is 5.97 Å². The Kier molecular flexibility index (Phi) is 3.94. The number of carboxylic acid groups (broad SMARTS) is 1. The van der Waals surface area contributed by atoms with Crippen molar-refractivity contribution in [3.63, 3.8) is 0 Å². The lowest BCUT2D eigenvalue weighted by Crippen LogP contribution is -2.42. The number of carbonyl (C=O) groups excluding carboxylic acids is 1. The maximum atomic E-state index is 13.2. The average molecular weight is 338 g/mol. The molecular weight excluding hydrogens is 316 g/mol. The molecule has 1 aliphatic heterocycles. The van der Waals surface area contributed by atoms with Crippen LogP contribution in [0, 0.1) is 12.8 Å². The van der Waals surface area contributed by atoms with Crippen molar-refractivity contribution in [1.29, 1.82) is 0 Å². The zero-order valence-electron chi connectivity index (χ0n) is 14.4. The monoisotopic (exact) mass is 338 g/mol. The highest BCUT2D eigenvalue weighted by atomic mass is 16.4. The molecule has 1 saturated heterocycles. The van der Waals surface area contributed by atoms with Gasteiger partial charge in [-0.1, -0.05) is 11.6 Å². The Balaban J connectivity index is 1.75. The summed E-state index contributed by atoms with van der Waals surface area (Å²) in [4.78, 5) is 31.0. The lowest BCUT2D eigenvalue weighted by atomic mass is 9.96. The van der Waals surface area contributed by atoms with Crippen LogP contribution in [0.2, 0.25) is 0 Å². The summed E-state index contributed by atoms with van der Waals surface area (Å²) in [6, 6.07) is 7.93. The van der Waals surface area contributed by atoms with E-state index >= 15 is 0 Å². The molecule has 2 aliphatic rings. The van der Waals surface area contributed by atoms with Gasteiger partial charge in [0.25, 0.3) is 5.91 Å². The molecular formula is C20H22N2O3. The van der Waals surface area contributed by atoms with E-state index in [4.69, 9.17) is 4.98 Å². The molecule has 2 heterocycles. The zero-order chi connectivity index (χ0) is 17.6. The zero-order valence-corrected chi connectivity index (χ0v) is 14.4. The summed E-state index contributed by atoms with van der Waals surface area (Å²) in [5.41, 5.74) is 3.60. The highest BCUT2D eigenvalue weighted by Crippen LogP contribution is 2.40. The van der Waals surface area contributed by atoms with Crippen LogP contribution in [0.4, 0.5) is 0 Å². The number of carboxylic acids is 1. The van der Waals surface area contributed by atoms with Crippen LogP contribution in [-0.4, -0.2) is 40.0 Å². The molecule has 0 spiro atoms. The molecule has 0 radical (unpaired) electrons. The largest absolute Gasteiger partial charge is 0.481 e. The number of likely N-dealkylation sites (tertiary alicyclic amines) is 1. The third kappa shape index (κ3) is 3.11. The number of aromatic nitrogens is 1. The molecule has 1 aromatic carbocycles. The van der Waals surface area contributed by atoms with Crippen LogP contribution in [0.25, 0.3) is 10.9 Å². The molecule has 1 saturated carbocycles. The number of aryl methyl sites for hydroxylation is 1. The first-order chi connectivity index (χ1) is 12.0. The fourth-order valence-electron chi connectivity index (χ4n) is 3.66. The van der Waals surface area contributed by atoms with Gasteiger partial charge in [-0.05, 0) is 50.8 Å². The van der Waals surface area contributed by atoms with Crippen LogP contribution in [0.3, 0.4) is 0 Å². The van der Waals surface area contributed by atoms with Crippen molar-refractivity contribution in [3.05, 3.63) is 41.1 Å². The molecule has 5 heteroatoms. The highest BCUT2D eigenvalue weighted by molar-refractivity contribution is 6.06. The maximum absolute atomic E-state index is 13.2. The van der Waals surface area contributed by atoms with E-state index in [1.165, 1.54) is 0 Å². The fourth-order valence-corrected chi connectivity index (χ4v) is 3.66. The van der Waals surface area contributed by atoms with Crippen LogP contribution < -0.4 is 0 Å². The second kappa shape index (κ2) is 6.14. The highest BCUT2D eigenvalue weighted by Gasteiger charge is 2.31. The van der Waals surface area contributed by atoms with E-state index in [2.05, 4.69) is 0 Å². The first kappa shape index (κ1) is 16.1. The van der Waals surface area contributed by atoms with E-state index in [-0.39, 0.29) is 5.91 Å². The van der Waals surface area contributed by atoms with Crippen molar-refractivity contribution in [2.24, 2.45) is 5.92 Å². The summed E-state index contributed by atoms with van der Waals surface area (Å²) >= 11 is 0. The summed E-state index contributed by atoms with van der Waals surface area (Å²) < 4.78 is 0. The smallest absolute Gasteiger partial charge is 0.308 e. The van der Waals surface area contributed by atoms with E-state index < -0.39 is 11.9 Å². The van der Waals surface area contributed by atoms with Gasteiger partial charge in [0.1, 0.15) is 0 Å². The maximum Gasteiger partial charge on any atom is 0.308 e. The molecule has 1 aromatic heterocycles. The van der Waals surface area contributed by atoms with Crippen LogP contribution in [0.15, 0.2) is 24.3 Å². The minimum absolute atomic E-state index is 0.0640. The number of hydrogen-bond donors (Lipinski definition) is 1. The van der Waals surface area contributed by atoms with Gasteiger partial charge in [0, 0.05) is 30.1 Å². The lowest BCUT2D eigenvalue weighted by Gasteiger charge is -2.31. The van der Waals surface area contributed by atoms with E-state index in [1.54, 1.807) is 4.90 Å². The van der Waals surface area contributed by atoms with Gasteiger partial charge in [0.15, 0.2) is 0 Å². The summed E-state index contributed by atoms with van der Waals surface area (Å²) in [6.07, 6.45) is 3.63. The van der Waals surface area contributed by atoms with E-state index in [9.17, 15) is 14.7 Å². The quantitative estimate of drug-likeness (QED) is 0.931. The Morgan fingerprint density at radius 1 is 1.20 bits per heavy atom. The van der Waals surface area contributed by atoms with Crippen molar-refractivity contribution >= 4 is 22.8 Å². The number of benzene rings is 1. The van der Waals surface area contributed by atoms with Crippen LogP contribution >= 0.6 is 0 Å². The number of fused-ring (bicyclic) bond motifs is 1. The second-order valence-corrected chi connectivity index (χ2v) is 7.32. The van der Waals surface area contributed by atoms with Gasteiger partial charge in [0.2, 0.25) is 0 Å². The van der Waals surface area contributed by atoms with Crippen LogP contribution in [0.1, 0.15) is 53.2 Å². The van der Waals surface area contributed by atoms with Gasteiger partial charge in [-0.2, -0.15) is 0 Å². The Labute approximate surface area is 146 Å². The van der Waals surface area contributed by atoms with Crippen molar-refractivity contribution in [2.75, 3.05) is 13.1 Å². The van der Waals surface area contributed by atoms with Crippen molar-refractivity contribution in [1.82, 2.24) is 9.88 Å². The number of pyridine rings is 1. The third-order valence-corrected chi connectivity index (χ3v) is 5.27. The molecule has 5 nitrogen and oxygen atoms in total. The molecule has 25 heavy (non-hydrogen) atoms. The molecule has 1 aliphatic carbocycles. The Bertz CT molecular complexity index is 857. The van der Waals surface area contributed by atoms with Crippen molar-refractivity contribution in [3.8, 4) is 0 Å². The molecule has 2 fully saturated rings. The normalized spacial score (nSPS) is 20.7. The van der Waals surface area contributed by atoms with Gasteiger partial charge in [-0.15, -0.1) is 0 Å². The molecule has 4 rings (SSSR count). The van der Waals surface area contributed by atoms with Crippen LogP contribution in [0.5, 0.6) is 0 Å². The Hall–Kier alpha value is -2.43. The molecule has 0 bridgehead atoms. The second-order valence-electron chi connectivity index (χ2n) is 7.32. The molecule has 2 aromatic rings. The van der Waals surface area contributed by atoms with Gasteiger partial charge in [-0.3, -0.25) is 14.6 Å². The minimum Gasteiger partial charge on any atom is -0.481 e. The summed E-state index contributed by atoms with van der Waals surface area (Å²) in [5, 5.41) is 10.2. The Morgan fingerprint density at radius 3 is 2.72 bits per heavy atom. The molecule has 130 valence electrons. The standard InChI is InChI=1S/C20H22N2O3/c1-12-4-7-17-15(9-12)16(10-18(21-17)13-5-6-13)19(23)22-8-2-3-14(11-22)20(24)25/h4,7,9-10,13-14H,2-3,5-6,8,11H2,1H3,(H,24,25)/t14-/m0/s1. The topological polar surface area (TPSA) is 70.5 Å². The lowest BCUT2D eigenvalue weighted by molar-refractivity contribution is -0.143. The van der Waals surface area contributed by atoms with E-state index in [0.717, 1.165) is 41.4 Å². The predicted molar refractivity (Wildman–Crippen MR) is 94.7 cm³/mol. The van der Waals surface area contributed by atoms with Crippen molar-refractivity contribution < 1.29 is 14.7 Å². The van der Waals surface area contributed by atoms with Crippen LogP contribution in [-0.2, 0) is 4.79 Å². The van der Waals surface area contributed by atoms with Gasteiger partial charge in [0.05, 0.1) is 17.0 Å². The summed E-state index contributed by atoms with van der Waals surface area (Å²) in [5.74, 6) is -0.877. The molecule has 1 amide bonds. The SMILES string of the molecule is Cc1ccc2nc(C3CC3)cc(C(=O)N3CCC[C@H](C(=O)O)C3)c2c1. The molecule has 1 N–H and O–H groups in total. The molecule has 1 atom stereocenters. The average Bonchev–Trinajstić information content (AvgIpc) is 3.45. The predicted octanol–water partition coefficient (Wildman–Crippen LogP) is 3.36. The Morgan fingerprint density at radius 2 is 2.00 bits per heavy atom. The number of amides is 1. The fraction of sp³-hybridized carbons (Fsp3) is 0.450. The van der Waals surface area contributed by atoms with E-state index in [1.807, 2.05) is 31.2 Å².